The van der Waals surface area contributed by atoms with Crippen LogP contribution < -0.4 is 25.1 Å². The van der Waals surface area contributed by atoms with Crippen LogP contribution in [0.3, 0.4) is 0 Å². The number of carbonyl (C=O) groups is 1. The number of anilines is 1. The monoisotopic (exact) mass is 525 g/mol. The molecule has 1 amide bonds. The summed E-state index contributed by atoms with van der Waals surface area (Å²) < 4.78 is 20.0. The number of amides is 1. The molecule has 2 aromatic carbocycles. The van der Waals surface area contributed by atoms with Crippen LogP contribution in [0, 0.1) is 6.92 Å². The number of hydrogen-bond donors (Lipinski definition) is 1. The maximum atomic E-state index is 13.1. The Balaban J connectivity index is 1.34. The summed E-state index contributed by atoms with van der Waals surface area (Å²) in [4.78, 5) is 34.9. The number of ether oxygens (including phenoxy) is 3. The first-order valence-corrected chi connectivity index (χ1v) is 12.2. The maximum Gasteiger partial charge on any atom is 0.280 e. The van der Waals surface area contributed by atoms with E-state index < -0.39 is 5.91 Å². The molecule has 10 nitrogen and oxygen atoms in total. The minimum atomic E-state index is -0.526. The number of nitrogens with zero attached hydrogens (tertiary/aromatic N) is 4. The van der Waals surface area contributed by atoms with Crippen LogP contribution in [-0.2, 0) is 13.6 Å². The zero-order chi connectivity index (χ0) is 27.5. The van der Waals surface area contributed by atoms with Crippen molar-refractivity contribution in [3.63, 3.8) is 0 Å². The summed E-state index contributed by atoms with van der Waals surface area (Å²) in [6.45, 7) is 2.10. The van der Waals surface area contributed by atoms with E-state index in [2.05, 4.69) is 15.3 Å². The molecule has 0 bridgehead atoms. The number of pyridine rings is 2. The van der Waals surface area contributed by atoms with E-state index in [1.54, 1.807) is 69.4 Å². The molecular weight excluding hydrogens is 498 g/mol. The molecule has 0 aliphatic rings. The fourth-order valence-corrected chi connectivity index (χ4v) is 4.32. The average molecular weight is 526 g/mol. The standard InChI is InChI=1S/C29H27N5O5/c1-18-27(29(36)34(33(18)2)17-19-8-6-5-7-9-19)28(35)32-26-11-10-20(16-31-26)39-23-12-13-30-22-15-25(38-4)24(37-3)14-21(22)23/h5-16H,17H2,1-4H3,(H,31,32,35). The van der Waals surface area contributed by atoms with Crippen LogP contribution in [0.4, 0.5) is 5.82 Å². The molecule has 0 fully saturated rings. The Hall–Kier alpha value is -5.12. The first-order chi connectivity index (χ1) is 18.9. The number of benzene rings is 2. The van der Waals surface area contributed by atoms with Gasteiger partial charge in [-0.25, -0.2) is 9.67 Å². The molecule has 1 N–H and O–H groups in total. The first kappa shape index (κ1) is 25.5. The number of aromatic nitrogens is 4. The molecule has 3 aromatic heterocycles. The van der Waals surface area contributed by atoms with Gasteiger partial charge in [0.15, 0.2) is 11.5 Å². The molecule has 3 heterocycles. The highest BCUT2D eigenvalue weighted by Crippen LogP contribution is 2.36. The minimum Gasteiger partial charge on any atom is -0.493 e. The van der Waals surface area contributed by atoms with Crippen molar-refractivity contribution in [2.45, 2.75) is 13.5 Å². The predicted molar refractivity (Wildman–Crippen MR) is 147 cm³/mol. The van der Waals surface area contributed by atoms with E-state index in [1.165, 1.54) is 10.9 Å². The molecule has 5 aromatic rings. The zero-order valence-corrected chi connectivity index (χ0v) is 22.0. The molecule has 0 atom stereocenters. The Morgan fingerprint density at radius 1 is 0.949 bits per heavy atom. The summed E-state index contributed by atoms with van der Waals surface area (Å²) >= 11 is 0. The largest absolute Gasteiger partial charge is 0.493 e. The maximum absolute atomic E-state index is 13.1. The van der Waals surface area contributed by atoms with Crippen LogP contribution in [0.5, 0.6) is 23.0 Å². The molecule has 198 valence electrons. The van der Waals surface area contributed by atoms with Crippen LogP contribution >= 0.6 is 0 Å². The van der Waals surface area contributed by atoms with Gasteiger partial charge in [0.25, 0.3) is 11.5 Å². The van der Waals surface area contributed by atoms with Crippen LogP contribution in [0.25, 0.3) is 10.9 Å². The fourth-order valence-electron chi connectivity index (χ4n) is 4.32. The summed E-state index contributed by atoms with van der Waals surface area (Å²) in [6.07, 6.45) is 3.13. The number of fused-ring (bicyclic) bond motifs is 1. The van der Waals surface area contributed by atoms with E-state index >= 15 is 0 Å². The number of methoxy groups -OCH3 is 2. The van der Waals surface area contributed by atoms with Gasteiger partial charge >= 0.3 is 0 Å². The summed E-state index contributed by atoms with van der Waals surface area (Å²) in [6, 6.07) is 18.2. The van der Waals surface area contributed by atoms with Crippen molar-refractivity contribution >= 4 is 22.6 Å². The van der Waals surface area contributed by atoms with E-state index in [4.69, 9.17) is 14.2 Å². The highest BCUT2D eigenvalue weighted by Gasteiger charge is 2.22. The third kappa shape index (κ3) is 5.04. The van der Waals surface area contributed by atoms with Crippen molar-refractivity contribution in [2.75, 3.05) is 19.5 Å². The van der Waals surface area contributed by atoms with Gasteiger partial charge in [0.05, 0.1) is 32.5 Å². The Labute approximate surface area is 224 Å². The lowest BCUT2D eigenvalue weighted by Crippen LogP contribution is -2.27. The van der Waals surface area contributed by atoms with Gasteiger partial charge in [0.1, 0.15) is 22.9 Å². The van der Waals surface area contributed by atoms with E-state index in [9.17, 15) is 9.59 Å². The molecule has 10 heteroatoms. The Kier molecular flexibility index (Phi) is 7.00. The van der Waals surface area contributed by atoms with E-state index in [0.717, 1.165) is 10.9 Å². The minimum absolute atomic E-state index is 0.0724. The molecule has 0 saturated carbocycles. The van der Waals surface area contributed by atoms with Crippen molar-refractivity contribution in [1.29, 1.82) is 0 Å². The van der Waals surface area contributed by atoms with E-state index in [0.29, 0.717) is 40.8 Å². The Bertz CT molecular complexity index is 1710. The Morgan fingerprint density at radius 3 is 2.38 bits per heavy atom. The molecule has 0 saturated heterocycles. The van der Waals surface area contributed by atoms with Crippen LogP contribution in [-0.4, -0.2) is 39.5 Å². The first-order valence-electron chi connectivity index (χ1n) is 12.2. The third-order valence-corrected chi connectivity index (χ3v) is 6.47. The quantitative estimate of drug-likeness (QED) is 0.317. The summed E-state index contributed by atoms with van der Waals surface area (Å²) in [7, 11) is 4.89. The van der Waals surface area contributed by atoms with Crippen molar-refractivity contribution in [1.82, 2.24) is 19.3 Å². The molecule has 0 spiro atoms. The molecule has 0 aliphatic heterocycles. The van der Waals surface area contributed by atoms with Gasteiger partial charge in [-0.05, 0) is 36.8 Å². The lowest BCUT2D eigenvalue weighted by atomic mass is 10.2. The number of carbonyl (C=O) groups excluding carboxylic acids is 1. The second-order valence-corrected chi connectivity index (χ2v) is 8.80. The lowest BCUT2D eigenvalue weighted by Gasteiger charge is -2.12. The number of nitrogens with one attached hydrogen (secondary N) is 1. The molecule has 0 unspecified atom stereocenters. The van der Waals surface area contributed by atoms with E-state index in [1.807, 2.05) is 30.3 Å². The highest BCUT2D eigenvalue weighted by atomic mass is 16.5. The van der Waals surface area contributed by atoms with Crippen LogP contribution in [0.2, 0.25) is 0 Å². The van der Waals surface area contributed by atoms with Crippen molar-refractivity contribution in [3.8, 4) is 23.0 Å². The molecule has 0 radical (unpaired) electrons. The van der Waals surface area contributed by atoms with E-state index in [-0.39, 0.29) is 16.9 Å². The summed E-state index contributed by atoms with van der Waals surface area (Å²) in [5.74, 6) is 1.89. The highest BCUT2D eigenvalue weighted by molar-refractivity contribution is 6.04. The van der Waals surface area contributed by atoms with Gasteiger partial charge in [-0.15, -0.1) is 0 Å². The number of rotatable bonds is 8. The number of hydrogen-bond acceptors (Lipinski definition) is 7. The van der Waals surface area contributed by atoms with Gasteiger partial charge in [0, 0.05) is 30.4 Å². The van der Waals surface area contributed by atoms with Crippen molar-refractivity contribution in [3.05, 3.63) is 100 Å². The van der Waals surface area contributed by atoms with Gasteiger partial charge in [-0.2, -0.15) is 0 Å². The smallest absolute Gasteiger partial charge is 0.280 e. The van der Waals surface area contributed by atoms with Crippen molar-refractivity contribution in [2.24, 2.45) is 7.05 Å². The van der Waals surface area contributed by atoms with Gasteiger partial charge in [-0.1, -0.05) is 30.3 Å². The molecule has 5 rings (SSSR count). The van der Waals surface area contributed by atoms with Gasteiger partial charge in [-0.3, -0.25) is 19.3 Å². The fraction of sp³-hybridized carbons (Fsp3) is 0.172. The van der Waals surface area contributed by atoms with Gasteiger partial charge < -0.3 is 19.5 Å². The normalized spacial score (nSPS) is 10.9. The molecular formula is C29H27N5O5. The van der Waals surface area contributed by atoms with Crippen LogP contribution in [0.1, 0.15) is 21.6 Å². The zero-order valence-electron chi connectivity index (χ0n) is 22.0. The van der Waals surface area contributed by atoms with Crippen molar-refractivity contribution < 1.29 is 19.0 Å². The second kappa shape index (κ2) is 10.7. The Morgan fingerprint density at radius 2 is 1.69 bits per heavy atom. The second-order valence-electron chi connectivity index (χ2n) is 8.80. The van der Waals surface area contributed by atoms with Gasteiger partial charge in [0.2, 0.25) is 0 Å². The lowest BCUT2D eigenvalue weighted by molar-refractivity contribution is 0.102. The third-order valence-electron chi connectivity index (χ3n) is 6.47. The topological polar surface area (TPSA) is 110 Å². The molecule has 0 aliphatic carbocycles. The SMILES string of the molecule is COc1cc2nccc(Oc3ccc(NC(=O)c4c(C)n(C)n(Cc5ccccc5)c4=O)nc3)c2cc1OC. The summed E-state index contributed by atoms with van der Waals surface area (Å²) in [5.41, 5.74) is 1.91. The van der Waals surface area contributed by atoms with Crippen LogP contribution in [0.15, 0.2) is 77.9 Å². The summed E-state index contributed by atoms with van der Waals surface area (Å²) in [5, 5.41) is 3.46. The average Bonchev–Trinajstić information content (AvgIpc) is 3.16. The molecule has 39 heavy (non-hydrogen) atoms. The predicted octanol–water partition coefficient (Wildman–Crippen LogP) is 4.55.